The van der Waals surface area contributed by atoms with Crippen LogP contribution in [0.5, 0.6) is 17.2 Å². The monoisotopic (exact) mass is 490 g/mol. The second-order valence-corrected chi connectivity index (χ2v) is 7.86. The average Bonchev–Trinajstić information content (AvgIpc) is 3.13. The molecule has 0 amide bonds. The molecular formula is C26H19BrO5. The van der Waals surface area contributed by atoms with E-state index in [9.17, 15) is 9.59 Å². The van der Waals surface area contributed by atoms with Gasteiger partial charge in [-0.1, -0.05) is 58.4 Å². The van der Waals surface area contributed by atoms with E-state index in [2.05, 4.69) is 15.9 Å². The van der Waals surface area contributed by atoms with Crippen LogP contribution in [0.1, 0.15) is 26.3 Å². The van der Waals surface area contributed by atoms with Crippen molar-refractivity contribution in [3.05, 3.63) is 106 Å². The molecule has 4 rings (SSSR count). The van der Waals surface area contributed by atoms with Crippen molar-refractivity contribution in [2.45, 2.75) is 0 Å². The predicted octanol–water partition coefficient (Wildman–Crippen LogP) is 5.89. The molecule has 0 fully saturated rings. The fraction of sp³-hybridized carbons (Fsp3) is 0.0769. The van der Waals surface area contributed by atoms with Crippen molar-refractivity contribution in [1.82, 2.24) is 0 Å². The molecule has 160 valence electrons. The third-order valence-corrected chi connectivity index (χ3v) is 5.37. The number of carbonyl (C=O) groups excluding carboxylic acids is 2. The molecule has 0 N–H and O–H groups in total. The summed E-state index contributed by atoms with van der Waals surface area (Å²) in [4.78, 5) is 24.9. The Morgan fingerprint density at radius 3 is 2.62 bits per heavy atom. The molecule has 0 aromatic heterocycles. The summed E-state index contributed by atoms with van der Waals surface area (Å²) in [6, 6.07) is 19.6. The predicted molar refractivity (Wildman–Crippen MR) is 125 cm³/mol. The lowest BCUT2D eigenvalue weighted by Crippen LogP contribution is -2.11. The van der Waals surface area contributed by atoms with Gasteiger partial charge in [0.15, 0.2) is 18.1 Å². The van der Waals surface area contributed by atoms with Gasteiger partial charge in [-0.05, 0) is 36.4 Å². The summed E-state index contributed by atoms with van der Waals surface area (Å²) in [5.41, 5.74) is 1.90. The number of halogens is 1. The van der Waals surface area contributed by atoms with E-state index in [4.69, 9.17) is 14.2 Å². The van der Waals surface area contributed by atoms with Crippen molar-refractivity contribution >= 4 is 33.6 Å². The summed E-state index contributed by atoms with van der Waals surface area (Å²) < 4.78 is 17.5. The van der Waals surface area contributed by atoms with Crippen LogP contribution < -0.4 is 14.2 Å². The second kappa shape index (κ2) is 9.66. The first-order chi connectivity index (χ1) is 15.5. The Bertz CT molecular complexity index is 1230. The molecule has 0 aliphatic carbocycles. The molecule has 0 spiro atoms. The number of hydrogen-bond donors (Lipinski definition) is 0. The van der Waals surface area contributed by atoms with Gasteiger partial charge < -0.3 is 14.2 Å². The van der Waals surface area contributed by atoms with E-state index in [0.29, 0.717) is 22.6 Å². The van der Waals surface area contributed by atoms with E-state index < -0.39 is 0 Å². The zero-order chi connectivity index (χ0) is 22.5. The Hall–Kier alpha value is -3.64. The summed E-state index contributed by atoms with van der Waals surface area (Å²) >= 11 is 3.34. The number of ether oxygens (including phenoxy) is 3. The molecule has 0 unspecified atom stereocenters. The van der Waals surface area contributed by atoms with Crippen molar-refractivity contribution in [2.75, 3.05) is 13.7 Å². The highest BCUT2D eigenvalue weighted by atomic mass is 79.9. The van der Waals surface area contributed by atoms with Gasteiger partial charge in [-0.25, -0.2) is 0 Å². The van der Waals surface area contributed by atoms with E-state index in [0.717, 1.165) is 15.8 Å². The largest absolute Gasteiger partial charge is 0.496 e. The van der Waals surface area contributed by atoms with Gasteiger partial charge in [0.25, 0.3) is 0 Å². The molecule has 6 heteroatoms. The number of allylic oxidation sites excluding steroid dienone is 3. The van der Waals surface area contributed by atoms with Crippen molar-refractivity contribution in [1.29, 1.82) is 0 Å². The molecule has 1 aliphatic rings. The Balaban J connectivity index is 1.42. The van der Waals surface area contributed by atoms with Crippen LogP contribution in [0.3, 0.4) is 0 Å². The van der Waals surface area contributed by atoms with Crippen LogP contribution in [0.2, 0.25) is 0 Å². The SMILES string of the molecule is COc1ccccc1/C=C/C=C1\Oc2cc(OCC(=O)c3ccc(Br)cc3)ccc2C1=O. The normalized spacial score (nSPS) is 13.8. The van der Waals surface area contributed by atoms with Gasteiger partial charge >= 0.3 is 0 Å². The maximum absolute atomic E-state index is 12.6. The van der Waals surface area contributed by atoms with Crippen molar-refractivity contribution in [3.63, 3.8) is 0 Å². The molecule has 0 saturated carbocycles. The number of benzene rings is 3. The fourth-order valence-corrected chi connectivity index (χ4v) is 3.45. The van der Waals surface area contributed by atoms with Gasteiger partial charge in [-0.15, -0.1) is 0 Å². The summed E-state index contributed by atoms with van der Waals surface area (Å²) in [6.07, 6.45) is 5.20. The molecule has 3 aromatic rings. The molecule has 1 heterocycles. The summed E-state index contributed by atoms with van der Waals surface area (Å²) in [5, 5.41) is 0. The molecule has 0 radical (unpaired) electrons. The third-order valence-electron chi connectivity index (χ3n) is 4.84. The van der Waals surface area contributed by atoms with Crippen LogP contribution in [0.25, 0.3) is 6.08 Å². The molecular weight excluding hydrogens is 472 g/mol. The highest BCUT2D eigenvalue weighted by Gasteiger charge is 2.27. The molecule has 0 atom stereocenters. The number of fused-ring (bicyclic) bond motifs is 1. The number of para-hydroxylation sites is 1. The fourth-order valence-electron chi connectivity index (χ4n) is 3.18. The molecule has 32 heavy (non-hydrogen) atoms. The van der Waals surface area contributed by atoms with Gasteiger partial charge in [-0.2, -0.15) is 0 Å². The van der Waals surface area contributed by atoms with Gasteiger partial charge in [-0.3, -0.25) is 9.59 Å². The average molecular weight is 491 g/mol. The van der Waals surface area contributed by atoms with Crippen LogP contribution in [0.15, 0.2) is 89.1 Å². The van der Waals surface area contributed by atoms with Crippen molar-refractivity contribution in [3.8, 4) is 17.2 Å². The number of ketones is 2. The minimum absolute atomic E-state index is 0.112. The summed E-state index contributed by atoms with van der Waals surface area (Å²) in [6.45, 7) is -0.112. The van der Waals surface area contributed by atoms with Gasteiger partial charge in [0.2, 0.25) is 5.78 Å². The van der Waals surface area contributed by atoms with Crippen LogP contribution in [0, 0.1) is 0 Å². The lowest BCUT2D eigenvalue weighted by Gasteiger charge is -2.07. The number of Topliss-reactive ketones (excluding diaryl/α,β-unsaturated/α-hetero) is 2. The first-order valence-electron chi connectivity index (χ1n) is 9.84. The van der Waals surface area contributed by atoms with E-state index in [-0.39, 0.29) is 23.9 Å². The molecule has 0 saturated heterocycles. The number of rotatable bonds is 7. The minimum atomic E-state index is -0.206. The first-order valence-corrected chi connectivity index (χ1v) is 10.6. The summed E-state index contributed by atoms with van der Waals surface area (Å²) in [7, 11) is 1.61. The van der Waals surface area contributed by atoms with Crippen molar-refractivity contribution in [2.24, 2.45) is 0 Å². The lowest BCUT2D eigenvalue weighted by atomic mass is 10.1. The van der Waals surface area contributed by atoms with Crippen LogP contribution >= 0.6 is 15.9 Å². The van der Waals surface area contributed by atoms with E-state index in [1.54, 1.807) is 61.7 Å². The Morgan fingerprint density at radius 1 is 1.06 bits per heavy atom. The first kappa shape index (κ1) is 21.6. The van der Waals surface area contributed by atoms with Crippen LogP contribution in [-0.4, -0.2) is 25.3 Å². The van der Waals surface area contributed by atoms with Gasteiger partial charge in [0.05, 0.1) is 12.7 Å². The molecule has 0 bridgehead atoms. The van der Waals surface area contributed by atoms with E-state index in [1.165, 1.54) is 0 Å². The number of carbonyl (C=O) groups is 2. The van der Waals surface area contributed by atoms with E-state index >= 15 is 0 Å². The second-order valence-electron chi connectivity index (χ2n) is 6.94. The highest BCUT2D eigenvalue weighted by molar-refractivity contribution is 9.10. The van der Waals surface area contributed by atoms with Gasteiger partial charge in [0, 0.05) is 21.7 Å². The number of hydrogen-bond acceptors (Lipinski definition) is 5. The van der Waals surface area contributed by atoms with Gasteiger partial charge in [0.1, 0.15) is 17.2 Å². The zero-order valence-electron chi connectivity index (χ0n) is 17.2. The molecule has 5 nitrogen and oxygen atoms in total. The number of methoxy groups -OCH3 is 1. The highest BCUT2D eigenvalue weighted by Crippen LogP contribution is 2.34. The zero-order valence-corrected chi connectivity index (χ0v) is 18.8. The topological polar surface area (TPSA) is 61.8 Å². The Labute approximate surface area is 194 Å². The van der Waals surface area contributed by atoms with E-state index in [1.807, 2.05) is 30.3 Å². The molecule has 1 aliphatic heterocycles. The lowest BCUT2D eigenvalue weighted by molar-refractivity contribution is 0.0921. The van der Waals surface area contributed by atoms with Crippen LogP contribution in [-0.2, 0) is 0 Å². The Kier molecular flexibility index (Phi) is 6.52. The minimum Gasteiger partial charge on any atom is -0.496 e. The maximum Gasteiger partial charge on any atom is 0.231 e. The maximum atomic E-state index is 12.6. The summed E-state index contributed by atoms with van der Waals surface area (Å²) in [5.74, 6) is 1.46. The standard InChI is InChI=1S/C26H19BrO5/c1-30-23-7-3-2-5-18(23)6-4-8-24-26(29)21-14-13-20(15-25(21)32-24)31-16-22(28)17-9-11-19(27)12-10-17/h2-15H,16H2,1H3/b6-4+,24-8-. The molecule has 3 aromatic carbocycles. The van der Waals surface area contributed by atoms with Crippen LogP contribution in [0.4, 0.5) is 0 Å². The van der Waals surface area contributed by atoms with Crippen molar-refractivity contribution < 1.29 is 23.8 Å². The Morgan fingerprint density at radius 2 is 1.84 bits per heavy atom. The quantitative estimate of drug-likeness (QED) is 0.305. The smallest absolute Gasteiger partial charge is 0.231 e. The third kappa shape index (κ3) is 4.81.